The van der Waals surface area contributed by atoms with Crippen LogP contribution in [-0.2, 0) is 20.0 Å². The van der Waals surface area contributed by atoms with Crippen molar-refractivity contribution in [2.45, 2.75) is 13.0 Å². The molecule has 1 aliphatic heterocycles. The second kappa shape index (κ2) is 5.84. The number of fused-ring (bicyclic) bond motifs is 1. The number of aromatic amines is 1. The summed E-state index contributed by atoms with van der Waals surface area (Å²) < 4.78 is 1.73. The molecule has 0 saturated heterocycles. The number of amides is 2. The number of nitrogens with one attached hydrogen (secondary N) is 2. The Hall–Kier alpha value is -3.09. The molecule has 7 heteroatoms. The average Bonchev–Trinajstić information content (AvgIpc) is 3.32. The SMILES string of the molecule is Cn1cc(CNC(=O)N2CCc3cc(-c4cn[nH]c4)ccc32)cn1. The van der Waals surface area contributed by atoms with Crippen molar-refractivity contribution in [1.29, 1.82) is 0 Å². The van der Waals surface area contributed by atoms with E-state index in [1.54, 1.807) is 22.0 Å². The highest BCUT2D eigenvalue weighted by atomic mass is 16.2. The van der Waals surface area contributed by atoms with E-state index in [1.807, 2.05) is 31.6 Å². The van der Waals surface area contributed by atoms with Gasteiger partial charge in [-0.05, 0) is 29.7 Å². The van der Waals surface area contributed by atoms with Crippen molar-refractivity contribution in [3.63, 3.8) is 0 Å². The first-order valence-corrected chi connectivity index (χ1v) is 7.86. The maximum atomic E-state index is 12.5. The predicted molar refractivity (Wildman–Crippen MR) is 90.5 cm³/mol. The van der Waals surface area contributed by atoms with E-state index in [9.17, 15) is 4.79 Å². The average molecular weight is 322 g/mol. The van der Waals surface area contributed by atoms with Crippen LogP contribution in [0.4, 0.5) is 10.5 Å². The van der Waals surface area contributed by atoms with Crippen molar-refractivity contribution in [1.82, 2.24) is 25.3 Å². The molecule has 1 aliphatic rings. The number of carbonyl (C=O) groups is 1. The van der Waals surface area contributed by atoms with Gasteiger partial charge in [-0.2, -0.15) is 10.2 Å². The van der Waals surface area contributed by atoms with Crippen molar-refractivity contribution in [3.05, 3.63) is 54.1 Å². The predicted octanol–water partition coefficient (Wildman–Crippen LogP) is 2.08. The summed E-state index contributed by atoms with van der Waals surface area (Å²) in [5.41, 5.74) is 5.31. The van der Waals surface area contributed by atoms with Crippen LogP contribution in [-0.4, -0.2) is 32.6 Å². The molecule has 0 spiro atoms. The number of hydrogen-bond acceptors (Lipinski definition) is 3. The van der Waals surface area contributed by atoms with Gasteiger partial charge in [0.05, 0.1) is 12.4 Å². The van der Waals surface area contributed by atoms with Crippen LogP contribution in [0.1, 0.15) is 11.1 Å². The highest BCUT2D eigenvalue weighted by molar-refractivity contribution is 5.94. The number of nitrogens with zero attached hydrogens (tertiary/aromatic N) is 4. The number of carbonyl (C=O) groups excluding carboxylic acids is 1. The van der Waals surface area contributed by atoms with Crippen molar-refractivity contribution in [2.24, 2.45) is 7.05 Å². The fraction of sp³-hybridized carbons (Fsp3) is 0.235. The van der Waals surface area contributed by atoms with Gasteiger partial charge in [0.15, 0.2) is 0 Å². The number of anilines is 1. The van der Waals surface area contributed by atoms with Crippen molar-refractivity contribution in [2.75, 3.05) is 11.4 Å². The van der Waals surface area contributed by atoms with Crippen molar-refractivity contribution >= 4 is 11.7 Å². The molecule has 122 valence electrons. The standard InChI is InChI=1S/C17H18N6O/c1-22-11-12(8-21-22)7-18-17(24)23-5-4-14-6-13(2-3-16(14)23)15-9-19-20-10-15/h2-3,6,8-11H,4-5,7H2,1H3,(H,18,24)(H,19,20). The van der Waals surface area contributed by atoms with Gasteiger partial charge in [0.1, 0.15) is 0 Å². The fourth-order valence-electron chi connectivity index (χ4n) is 3.04. The molecule has 2 aromatic heterocycles. The number of urea groups is 1. The molecular weight excluding hydrogens is 304 g/mol. The Bertz CT molecular complexity index is 867. The van der Waals surface area contributed by atoms with E-state index < -0.39 is 0 Å². The summed E-state index contributed by atoms with van der Waals surface area (Å²) in [4.78, 5) is 14.3. The van der Waals surface area contributed by atoms with Crippen LogP contribution in [0.15, 0.2) is 43.0 Å². The van der Waals surface area contributed by atoms with Crippen molar-refractivity contribution in [3.8, 4) is 11.1 Å². The first kappa shape index (κ1) is 14.5. The van der Waals surface area contributed by atoms with E-state index in [2.05, 4.69) is 26.7 Å². The number of aryl methyl sites for hydroxylation is 1. The molecule has 4 rings (SSSR count). The maximum Gasteiger partial charge on any atom is 0.322 e. The van der Waals surface area contributed by atoms with E-state index in [1.165, 1.54) is 5.56 Å². The summed E-state index contributed by atoms with van der Waals surface area (Å²) in [6.45, 7) is 1.18. The van der Waals surface area contributed by atoms with Crippen molar-refractivity contribution < 1.29 is 4.79 Å². The molecule has 2 N–H and O–H groups in total. The molecule has 24 heavy (non-hydrogen) atoms. The molecule has 0 bridgehead atoms. The Morgan fingerprint density at radius 2 is 2.25 bits per heavy atom. The smallest absolute Gasteiger partial charge is 0.322 e. The summed E-state index contributed by atoms with van der Waals surface area (Å²) >= 11 is 0. The van der Waals surface area contributed by atoms with Gasteiger partial charge < -0.3 is 5.32 Å². The minimum absolute atomic E-state index is 0.0753. The summed E-state index contributed by atoms with van der Waals surface area (Å²) in [6.07, 6.45) is 8.19. The molecule has 0 atom stereocenters. The lowest BCUT2D eigenvalue weighted by atomic mass is 10.0. The monoisotopic (exact) mass is 322 g/mol. The van der Waals surface area contributed by atoms with Gasteiger partial charge >= 0.3 is 6.03 Å². The quantitative estimate of drug-likeness (QED) is 0.775. The van der Waals surface area contributed by atoms with E-state index in [0.717, 1.165) is 28.8 Å². The Kier molecular flexibility index (Phi) is 3.53. The third kappa shape index (κ3) is 2.64. The van der Waals surface area contributed by atoms with Gasteiger partial charge in [-0.1, -0.05) is 6.07 Å². The molecule has 2 amide bonds. The second-order valence-electron chi connectivity index (χ2n) is 5.91. The zero-order chi connectivity index (χ0) is 16.5. The molecule has 0 unspecified atom stereocenters. The van der Waals surface area contributed by atoms with E-state index in [-0.39, 0.29) is 6.03 Å². The largest absolute Gasteiger partial charge is 0.333 e. The Labute approximate surface area is 139 Å². The molecular formula is C17H18N6O. The first-order valence-electron chi connectivity index (χ1n) is 7.86. The highest BCUT2D eigenvalue weighted by Crippen LogP contribution is 2.32. The molecule has 1 aromatic carbocycles. The Morgan fingerprint density at radius 3 is 3.00 bits per heavy atom. The Balaban J connectivity index is 1.48. The fourth-order valence-corrected chi connectivity index (χ4v) is 3.04. The number of benzene rings is 1. The molecule has 3 heterocycles. The topological polar surface area (TPSA) is 78.8 Å². The first-order chi connectivity index (χ1) is 11.7. The van der Waals surface area contributed by atoms with E-state index in [0.29, 0.717) is 13.1 Å². The third-order valence-corrected chi connectivity index (χ3v) is 4.25. The lowest BCUT2D eigenvalue weighted by Crippen LogP contribution is -2.38. The summed E-state index contributed by atoms with van der Waals surface area (Å²) in [5, 5.41) is 13.9. The van der Waals surface area contributed by atoms with Gasteiger partial charge in [0.2, 0.25) is 0 Å². The molecule has 3 aromatic rings. The third-order valence-electron chi connectivity index (χ3n) is 4.25. The van der Waals surface area contributed by atoms with Crippen LogP contribution < -0.4 is 10.2 Å². The van der Waals surface area contributed by atoms with Crippen LogP contribution in [0, 0.1) is 0 Å². The lowest BCUT2D eigenvalue weighted by Gasteiger charge is -2.18. The van der Waals surface area contributed by atoms with Crippen LogP contribution >= 0.6 is 0 Å². The van der Waals surface area contributed by atoms with E-state index >= 15 is 0 Å². The Morgan fingerprint density at radius 1 is 1.33 bits per heavy atom. The number of hydrogen-bond donors (Lipinski definition) is 2. The minimum Gasteiger partial charge on any atom is -0.333 e. The molecule has 0 fully saturated rings. The lowest BCUT2D eigenvalue weighted by molar-refractivity contribution is 0.246. The summed E-state index contributed by atoms with van der Waals surface area (Å²) in [5.74, 6) is 0. The van der Waals surface area contributed by atoms with Crippen LogP contribution in [0.5, 0.6) is 0 Å². The van der Waals surface area contributed by atoms with Gasteiger partial charge in [-0.25, -0.2) is 4.79 Å². The van der Waals surface area contributed by atoms with Crippen LogP contribution in [0.25, 0.3) is 11.1 Å². The van der Waals surface area contributed by atoms with Gasteiger partial charge in [0, 0.05) is 49.3 Å². The molecule has 0 saturated carbocycles. The number of aromatic nitrogens is 4. The zero-order valence-corrected chi connectivity index (χ0v) is 13.4. The molecule has 7 nitrogen and oxygen atoms in total. The minimum atomic E-state index is -0.0753. The second-order valence-corrected chi connectivity index (χ2v) is 5.91. The molecule has 0 aliphatic carbocycles. The van der Waals surface area contributed by atoms with Crippen LogP contribution in [0.3, 0.4) is 0 Å². The number of H-pyrrole nitrogens is 1. The summed E-state index contributed by atoms with van der Waals surface area (Å²) in [7, 11) is 1.86. The summed E-state index contributed by atoms with van der Waals surface area (Å²) in [6, 6.07) is 6.09. The van der Waals surface area contributed by atoms with E-state index in [4.69, 9.17) is 0 Å². The molecule has 0 radical (unpaired) electrons. The van der Waals surface area contributed by atoms with Crippen LogP contribution in [0.2, 0.25) is 0 Å². The van der Waals surface area contributed by atoms with Gasteiger partial charge in [0.25, 0.3) is 0 Å². The number of rotatable bonds is 3. The van der Waals surface area contributed by atoms with Gasteiger partial charge in [-0.15, -0.1) is 0 Å². The zero-order valence-electron chi connectivity index (χ0n) is 13.4. The normalized spacial score (nSPS) is 13.1. The van der Waals surface area contributed by atoms with Gasteiger partial charge in [-0.3, -0.25) is 14.7 Å². The maximum absolute atomic E-state index is 12.5. The highest BCUT2D eigenvalue weighted by Gasteiger charge is 2.24.